The Balaban J connectivity index is 0.000000185. The van der Waals surface area contributed by atoms with Crippen LogP contribution in [0.5, 0.6) is 0 Å². The lowest BCUT2D eigenvalue weighted by molar-refractivity contribution is -0.389. The number of ether oxygens (including phenoxy) is 3. The Morgan fingerprint density at radius 2 is 1.51 bits per heavy atom. The maximum Gasteiger partial charge on any atom is 0.381 e. The van der Waals surface area contributed by atoms with E-state index in [9.17, 15) is 19.7 Å². The fraction of sp³-hybridized carbons (Fsp3) is 0.442. The van der Waals surface area contributed by atoms with E-state index in [1.165, 1.54) is 23.8 Å². The van der Waals surface area contributed by atoms with Gasteiger partial charge in [-0.15, -0.1) is 0 Å². The maximum atomic E-state index is 13.8. The van der Waals surface area contributed by atoms with E-state index in [4.69, 9.17) is 24.9 Å². The van der Waals surface area contributed by atoms with Gasteiger partial charge in [-0.3, -0.25) is 14.5 Å². The summed E-state index contributed by atoms with van der Waals surface area (Å²) in [4.78, 5) is 55.2. The van der Waals surface area contributed by atoms with Gasteiger partial charge in [0.05, 0.1) is 70.4 Å². The first-order chi connectivity index (χ1) is 30.4. The van der Waals surface area contributed by atoms with Crippen molar-refractivity contribution in [3.05, 3.63) is 111 Å². The molecule has 63 heavy (non-hydrogen) atoms. The largest absolute Gasteiger partial charge is 0.382 e. The van der Waals surface area contributed by atoms with Crippen molar-refractivity contribution in [3.63, 3.8) is 0 Å². The zero-order valence-corrected chi connectivity index (χ0v) is 35.7. The second-order valence-corrected chi connectivity index (χ2v) is 17.3. The molecule has 3 saturated heterocycles. The molecule has 0 atom stereocenters. The highest BCUT2D eigenvalue weighted by molar-refractivity contribution is 6.06. The molecule has 0 spiro atoms. The van der Waals surface area contributed by atoms with Crippen molar-refractivity contribution in [3.8, 4) is 11.1 Å². The number of aryl methyl sites for hydroxylation is 1. The molecule has 1 amide bonds. The molecule has 0 radical (unpaired) electrons. The molecule has 6 aromatic rings. The number of imidazole rings is 3. The van der Waals surface area contributed by atoms with Crippen LogP contribution in [-0.4, -0.2) is 99.8 Å². The van der Waals surface area contributed by atoms with Crippen LogP contribution in [0.1, 0.15) is 66.2 Å². The molecule has 0 bridgehead atoms. The van der Waals surface area contributed by atoms with Crippen LogP contribution >= 0.6 is 0 Å². The van der Waals surface area contributed by atoms with Gasteiger partial charge in [0.25, 0.3) is 11.5 Å². The van der Waals surface area contributed by atoms with E-state index in [0.717, 1.165) is 55.0 Å². The van der Waals surface area contributed by atoms with Gasteiger partial charge < -0.3 is 58.2 Å². The number of hydrogen-bond donors (Lipinski definition) is 2. The Morgan fingerprint density at radius 3 is 2.11 bits per heavy atom. The van der Waals surface area contributed by atoms with Gasteiger partial charge in [0.1, 0.15) is 35.0 Å². The fourth-order valence-corrected chi connectivity index (χ4v) is 8.49. The van der Waals surface area contributed by atoms with Crippen LogP contribution in [0.4, 0.5) is 29.0 Å². The van der Waals surface area contributed by atoms with Gasteiger partial charge in [-0.05, 0) is 63.9 Å². The van der Waals surface area contributed by atoms with E-state index in [-0.39, 0.29) is 34.8 Å². The summed E-state index contributed by atoms with van der Waals surface area (Å²) < 4.78 is 24.7. The van der Waals surface area contributed by atoms with Crippen molar-refractivity contribution in [2.75, 3.05) is 62.1 Å². The molecular formula is C43H51N13O7. The summed E-state index contributed by atoms with van der Waals surface area (Å²) in [7, 11) is 1.75. The molecule has 6 aromatic heterocycles. The average molecular weight is 862 g/mol. The van der Waals surface area contributed by atoms with Crippen molar-refractivity contribution in [2.24, 2.45) is 12.5 Å². The van der Waals surface area contributed by atoms with Crippen molar-refractivity contribution < 1.29 is 23.9 Å². The van der Waals surface area contributed by atoms with E-state index in [2.05, 4.69) is 51.7 Å². The minimum Gasteiger partial charge on any atom is -0.382 e. The van der Waals surface area contributed by atoms with Gasteiger partial charge in [-0.2, -0.15) is 0 Å². The summed E-state index contributed by atoms with van der Waals surface area (Å²) >= 11 is 0. The van der Waals surface area contributed by atoms with E-state index >= 15 is 0 Å². The Kier molecular flexibility index (Phi) is 11.2. The van der Waals surface area contributed by atoms with Crippen LogP contribution in [-0.2, 0) is 47.1 Å². The first-order valence-corrected chi connectivity index (χ1v) is 21.1. The van der Waals surface area contributed by atoms with Crippen LogP contribution in [0.2, 0.25) is 0 Å². The summed E-state index contributed by atoms with van der Waals surface area (Å²) in [5, 5.41) is 13.5. The van der Waals surface area contributed by atoms with E-state index in [1.807, 2.05) is 44.8 Å². The van der Waals surface area contributed by atoms with Gasteiger partial charge in [0, 0.05) is 61.7 Å². The topological polar surface area (TPSA) is 222 Å². The number of nitrogen functional groups attached to an aromatic ring is 1. The molecule has 3 fully saturated rings. The number of aromatic nitrogens is 9. The minimum absolute atomic E-state index is 0.00178. The number of nitrogens with zero attached hydrogens (tertiary/aromatic N) is 11. The minimum atomic E-state index is -0.504. The summed E-state index contributed by atoms with van der Waals surface area (Å²) in [6, 6.07) is 6.89. The van der Waals surface area contributed by atoms with Crippen LogP contribution in [0.3, 0.4) is 0 Å². The number of carbonyl (C=O) groups excluding carboxylic acids is 1. The number of hydrogen-bond acceptors (Lipinski definition) is 13. The standard InChI is InChI=1S/C31H35N7O3.C6H7N3O3.C6H9N3O/c1-5-22-23(20-10-24(29(39)35(4)14-20)34-27-15-36(18-33-27)21-16-41-17-21)6-7-32-28(22)38-9-8-37-25(30(38)40)11-19-12-31(2,3)13-26(19)37;10-9(11)6-1-8(4-7-6)5-2-12-3-5;7-6-1-9(4-8-6)5-2-10-3-5/h6-7,10-11,14-15,18,21,34H,5,8-9,12-13,16-17H2,1-4H3;1,4-5H,2-3H2;1,4-5H,2-3,7H2. The van der Waals surface area contributed by atoms with Crippen LogP contribution in [0.25, 0.3) is 11.1 Å². The molecule has 20 nitrogen and oxygen atoms in total. The number of amides is 1. The number of anilines is 4. The number of nitrogens with two attached hydrogens (primary N) is 1. The van der Waals surface area contributed by atoms with Crippen molar-refractivity contribution >= 4 is 34.9 Å². The average Bonchev–Trinajstić information content (AvgIpc) is 4.03. The molecular weight excluding hydrogens is 811 g/mol. The molecule has 20 heteroatoms. The van der Waals surface area contributed by atoms with Crippen molar-refractivity contribution in [2.45, 2.75) is 64.7 Å². The van der Waals surface area contributed by atoms with Gasteiger partial charge in [-0.1, -0.05) is 20.8 Å². The molecule has 1 aliphatic carbocycles. The maximum absolute atomic E-state index is 13.8. The fourth-order valence-electron chi connectivity index (χ4n) is 8.49. The van der Waals surface area contributed by atoms with Gasteiger partial charge in [-0.25, -0.2) is 15.0 Å². The van der Waals surface area contributed by atoms with E-state index in [0.29, 0.717) is 68.6 Å². The number of nitro groups is 1. The monoisotopic (exact) mass is 861 g/mol. The third-order valence-electron chi connectivity index (χ3n) is 12.1. The van der Waals surface area contributed by atoms with Crippen LogP contribution in [0, 0.1) is 15.5 Å². The summed E-state index contributed by atoms with van der Waals surface area (Å²) in [5.41, 5.74) is 12.1. The molecule has 3 N–H and O–H groups in total. The smallest absolute Gasteiger partial charge is 0.381 e. The van der Waals surface area contributed by atoms with E-state index in [1.54, 1.807) is 35.0 Å². The SMILES string of the molecule is CCc1c(-c2cc(Nc3cn(C4COC4)cn3)c(=O)n(C)c2)ccnc1N1CCn2c(cc3c2CC(C)(C)C3)C1=O.Nc1cn(C2COC2)cn1.O=[N+]([O-])c1cn(C2COC2)cn1. The Labute approximate surface area is 362 Å². The number of nitrogens with one attached hydrogen (secondary N) is 1. The molecule has 0 aromatic carbocycles. The quantitative estimate of drug-likeness (QED) is 0.151. The van der Waals surface area contributed by atoms with Gasteiger partial charge in [0.2, 0.25) is 6.33 Å². The zero-order chi connectivity index (χ0) is 44.0. The van der Waals surface area contributed by atoms with Crippen LogP contribution in [0.15, 0.2) is 73.0 Å². The second-order valence-electron chi connectivity index (χ2n) is 17.3. The Bertz CT molecular complexity index is 2720. The number of fused-ring (bicyclic) bond motifs is 3. The normalized spacial score (nSPS) is 17.9. The number of rotatable bonds is 9. The lowest BCUT2D eigenvalue weighted by Gasteiger charge is -2.31. The Morgan fingerprint density at radius 1 is 0.857 bits per heavy atom. The van der Waals surface area contributed by atoms with Gasteiger partial charge >= 0.3 is 5.82 Å². The molecule has 4 aliphatic heterocycles. The van der Waals surface area contributed by atoms with Crippen molar-refractivity contribution in [1.29, 1.82) is 0 Å². The highest BCUT2D eigenvalue weighted by atomic mass is 16.6. The Hall–Kier alpha value is -6.64. The lowest BCUT2D eigenvalue weighted by Crippen LogP contribution is -2.41. The lowest BCUT2D eigenvalue weighted by atomic mass is 9.90. The molecule has 11 rings (SSSR count). The summed E-state index contributed by atoms with van der Waals surface area (Å²) in [6.07, 6.45) is 16.4. The summed E-state index contributed by atoms with van der Waals surface area (Å²) in [6.45, 7) is 12.1. The molecule has 330 valence electrons. The highest BCUT2D eigenvalue weighted by Crippen LogP contribution is 2.40. The highest BCUT2D eigenvalue weighted by Gasteiger charge is 2.37. The molecule has 0 saturated carbocycles. The number of pyridine rings is 2. The number of carbonyl (C=O) groups is 1. The third kappa shape index (κ3) is 8.35. The first-order valence-electron chi connectivity index (χ1n) is 21.1. The molecule has 5 aliphatic rings. The summed E-state index contributed by atoms with van der Waals surface area (Å²) in [5.74, 6) is 1.76. The van der Waals surface area contributed by atoms with Crippen LogP contribution < -0.4 is 21.5 Å². The molecule has 10 heterocycles. The first kappa shape index (κ1) is 41.7. The van der Waals surface area contributed by atoms with Crippen molar-refractivity contribution in [1.82, 2.24) is 42.8 Å². The predicted octanol–water partition coefficient (Wildman–Crippen LogP) is 4.51. The molecule has 0 unspecified atom stereocenters. The van der Waals surface area contributed by atoms with Gasteiger partial charge in [0.15, 0.2) is 0 Å². The zero-order valence-electron chi connectivity index (χ0n) is 35.7. The predicted molar refractivity (Wildman–Crippen MR) is 232 cm³/mol. The second kappa shape index (κ2) is 16.9. The van der Waals surface area contributed by atoms with E-state index < -0.39 is 4.92 Å². The third-order valence-corrected chi connectivity index (χ3v) is 12.1.